The van der Waals surface area contributed by atoms with Crippen molar-refractivity contribution in [1.82, 2.24) is 5.32 Å². The number of allylic oxidation sites excluding steroid dienone is 1. The molecule has 0 aliphatic carbocycles. The average Bonchev–Trinajstić information content (AvgIpc) is 2.99. The Kier molecular flexibility index (Phi) is 3.87. The Balaban J connectivity index is 1.73. The molecule has 2 aromatic carbocycles. The van der Waals surface area contributed by atoms with Crippen LogP contribution in [0, 0.1) is 0 Å². The number of ketones is 1. The molecule has 0 atom stereocenters. The first kappa shape index (κ1) is 15.4. The van der Waals surface area contributed by atoms with Crippen LogP contribution in [0.3, 0.4) is 0 Å². The Bertz CT molecular complexity index is 857. The maximum atomic E-state index is 12.6. The molecule has 4 rings (SSSR count). The summed E-state index contributed by atoms with van der Waals surface area (Å²) in [6.45, 7) is 0.979. The fraction of sp³-hybridized carbons (Fsp3) is 0.167. The van der Waals surface area contributed by atoms with E-state index in [2.05, 4.69) is 5.32 Å². The van der Waals surface area contributed by atoms with Crippen LogP contribution in [-0.4, -0.2) is 19.1 Å². The first-order valence-corrected chi connectivity index (χ1v) is 8.24. The summed E-state index contributed by atoms with van der Waals surface area (Å²) >= 11 is 12.0. The molecule has 6 heteroatoms. The quantitative estimate of drug-likeness (QED) is 0.646. The summed E-state index contributed by atoms with van der Waals surface area (Å²) in [5.74, 6) is 1.29. The zero-order valence-electron chi connectivity index (χ0n) is 12.6. The topological polar surface area (TPSA) is 47.6 Å². The molecule has 4 nitrogen and oxygen atoms in total. The molecule has 0 unspecified atom stereocenters. The summed E-state index contributed by atoms with van der Waals surface area (Å²) in [7, 11) is 0. The molecular weight excluding hydrogens is 349 g/mol. The van der Waals surface area contributed by atoms with Gasteiger partial charge in [-0.3, -0.25) is 4.79 Å². The largest absolute Gasteiger partial charge is 0.454 e. The van der Waals surface area contributed by atoms with E-state index in [4.69, 9.17) is 32.7 Å². The van der Waals surface area contributed by atoms with E-state index in [0.717, 1.165) is 35.5 Å². The lowest BCUT2D eigenvalue weighted by Gasteiger charge is -2.21. The van der Waals surface area contributed by atoms with Crippen molar-refractivity contribution < 1.29 is 14.3 Å². The fourth-order valence-corrected chi connectivity index (χ4v) is 3.43. The molecule has 122 valence electrons. The number of rotatable bonds is 2. The number of hydrogen-bond donors (Lipinski definition) is 1. The van der Waals surface area contributed by atoms with Crippen LogP contribution in [0.15, 0.2) is 36.4 Å². The Morgan fingerprint density at radius 1 is 1.04 bits per heavy atom. The lowest BCUT2D eigenvalue weighted by molar-refractivity contribution is 0.104. The Morgan fingerprint density at radius 2 is 1.75 bits per heavy atom. The van der Waals surface area contributed by atoms with Gasteiger partial charge < -0.3 is 14.8 Å². The third-order valence-corrected chi connectivity index (χ3v) is 4.46. The van der Waals surface area contributed by atoms with Gasteiger partial charge in [0.05, 0.1) is 0 Å². The van der Waals surface area contributed by atoms with Crippen molar-refractivity contribution in [3.05, 3.63) is 63.1 Å². The standard InChI is InChI=1S/C18H13Cl2NO3/c19-12-3-11(4-13(20)6-12)16(22)8-15-14-7-18-17(23-9-24-18)5-10(14)1-2-21-15/h3-8,21H,1-2,9H2/b15-8-. The fourth-order valence-electron chi connectivity index (χ4n) is 2.91. The van der Waals surface area contributed by atoms with E-state index in [-0.39, 0.29) is 12.6 Å². The molecule has 0 saturated heterocycles. The van der Waals surface area contributed by atoms with Crippen LogP contribution < -0.4 is 14.8 Å². The third kappa shape index (κ3) is 2.83. The number of fused-ring (bicyclic) bond motifs is 2. The summed E-state index contributed by atoms with van der Waals surface area (Å²) in [6.07, 6.45) is 2.43. The van der Waals surface area contributed by atoms with Gasteiger partial charge in [0.2, 0.25) is 6.79 Å². The number of hydrogen-bond acceptors (Lipinski definition) is 4. The number of ether oxygens (including phenoxy) is 2. The molecule has 1 N–H and O–H groups in total. The predicted molar refractivity (Wildman–Crippen MR) is 93.0 cm³/mol. The number of halogens is 2. The zero-order chi connectivity index (χ0) is 16.7. The van der Waals surface area contributed by atoms with E-state index in [1.807, 2.05) is 12.1 Å². The predicted octanol–water partition coefficient (Wildman–Crippen LogP) is 4.09. The van der Waals surface area contributed by atoms with Gasteiger partial charge >= 0.3 is 0 Å². The van der Waals surface area contributed by atoms with Gasteiger partial charge in [-0.25, -0.2) is 0 Å². The highest BCUT2D eigenvalue weighted by Crippen LogP contribution is 2.38. The first-order valence-electron chi connectivity index (χ1n) is 7.49. The summed E-state index contributed by atoms with van der Waals surface area (Å²) in [5.41, 5.74) is 3.29. The summed E-state index contributed by atoms with van der Waals surface area (Å²) in [5, 5.41) is 4.14. The highest BCUT2D eigenvalue weighted by Gasteiger charge is 2.22. The lowest BCUT2D eigenvalue weighted by atomic mass is 9.96. The van der Waals surface area contributed by atoms with Crippen molar-refractivity contribution >= 4 is 34.7 Å². The van der Waals surface area contributed by atoms with Gasteiger partial charge in [-0.05, 0) is 42.3 Å². The van der Waals surface area contributed by atoms with Crippen LogP contribution in [0.2, 0.25) is 10.0 Å². The van der Waals surface area contributed by atoms with Gasteiger partial charge in [0.25, 0.3) is 0 Å². The van der Waals surface area contributed by atoms with Crippen LogP contribution in [0.1, 0.15) is 21.5 Å². The molecule has 0 aromatic heterocycles. The van der Waals surface area contributed by atoms with Crippen molar-refractivity contribution in [2.45, 2.75) is 6.42 Å². The molecule has 2 aromatic rings. The minimum Gasteiger partial charge on any atom is -0.454 e. The van der Waals surface area contributed by atoms with Crippen molar-refractivity contribution in [1.29, 1.82) is 0 Å². The SMILES string of the molecule is O=C(/C=C1\NCCc2cc3c(cc21)OCO3)c1cc(Cl)cc(Cl)c1. The van der Waals surface area contributed by atoms with Crippen LogP contribution in [0.4, 0.5) is 0 Å². The second-order valence-electron chi connectivity index (χ2n) is 5.62. The van der Waals surface area contributed by atoms with Crippen molar-refractivity contribution in [2.75, 3.05) is 13.3 Å². The van der Waals surface area contributed by atoms with Crippen LogP contribution in [-0.2, 0) is 6.42 Å². The Labute approximate surface area is 149 Å². The molecule has 0 radical (unpaired) electrons. The van der Waals surface area contributed by atoms with Crippen LogP contribution >= 0.6 is 23.2 Å². The van der Waals surface area contributed by atoms with E-state index in [1.54, 1.807) is 24.3 Å². The second kappa shape index (κ2) is 6.04. The summed E-state index contributed by atoms with van der Waals surface area (Å²) in [4.78, 5) is 12.6. The first-order chi connectivity index (χ1) is 11.6. The third-order valence-electron chi connectivity index (χ3n) is 4.02. The minimum absolute atomic E-state index is 0.160. The monoisotopic (exact) mass is 361 g/mol. The molecule has 0 fully saturated rings. The van der Waals surface area contributed by atoms with Crippen LogP contribution in [0.25, 0.3) is 5.70 Å². The molecule has 24 heavy (non-hydrogen) atoms. The van der Waals surface area contributed by atoms with Gasteiger partial charge in [-0.1, -0.05) is 23.2 Å². The van der Waals surface area contributed by atoms with Crippen molar-refractivity contribution in [2.24, 2.45) is 0 Å². The highest BCUT2D eigenvalue weighted by molar-refractivity contribution is 6.35. The van der Waals surface area contributed by atoms with Gasteiger partial charge in [-0.2, -0.15) is 0 Å². The molecule has 2 aliphatic rings. The van der Waals surface area contributed by atoms with Crippen molar-refractivity contribution in [3.8, 4) is 11.5 Å². The maximum Gasteiger partial charge on any atom is 0.231 e. The number of carbonyl (C=O) groups excluding carboxylic acids is 1. The molecule has 0 bridgehead atoms. The van der Waals surface area contributed by atoms with E-state index >= 15 is 0 Å². The normalized spacial score (nSPS) is 16.7. The second-order valence-corrected chi connectivity index (χ2v) is 6.49. The molecule has 2 heterocycles. The van der Waals surface area contributed by atoms with E-state index in [1.165, 1.54) is 0 Å². The summed E-state index contributed by atoms with van der Waals surface area (Å²) < 4.78 is 10.9. The smallest absolute Gasteiger partial charge is 0.231 e. The number of nitrogens with one attached hydrogen (secondary N) is 1. The van der Waals surface area contributed by atoms with Gasteiger partial charge in [0, 0.05) is 39.5 Å². The molecule has 0 amide bonds. The van der Waals surface area contributed by atoms with Gasteiger partial charge in [0.15, 0.2) is 17.3 Å². The van der Waals surface area contributed by atoms with Crippen molar-refractivity contribution in [3.63, 3.8) is 0 Å². The number of benzene rings is 2. The lowest BCUT2D eigenvalue weighted by Crippen LogP contribution is -2.23. The number of carbonyl (C=O) groups is 1. The highest BCUT2D eigenvalue weighted by atomic mass is 35.5. The van der Waals surface area contributed by atoms with Gasteiger partial charge in [-0.15, -0.1) is 0 Å². The van der Waals surface area contributed by atoms with E-state index in [9.17, 15) is 4.79 Å². The van der Waals surface area contributed by atoms with E-state index < -0.39 is 0 Å². The summed E-state index contributed by atoms with van der Waals surface area (Å²) in [6, 6.07) is 8.70. The molecular formula is C18H13Cl2NO3. The molecule has 0 saturated carbocycles. The average molecular weight is 362 g/mol. The minimum atomic E-state index is -0.160. The van der Waals surface area contributed by atoms with Crippen LogP contribution in [0.5, 0.6) is 11.5 Å². The Morgan fingerprint density at radius 3 is 2.50 bits per heavy atom. The molecule has 0 spiro atoms. The Hall–Kier alpha value is -2.17. The molecule has 2 aliphatic heterocycles. The maximum absolute atomic E-state index is 12.6. The van der Waals surface area contributed by atoms with Gasteiger partial charge in [0.1, 0.15) is 0 Å². The van der Waals surface area contributed by atoms with E-state index in [0.29, 0.717) is 21.4 Å². The zero-order valence-corrected chi connectivity index (χ0v) is 14.1.